The second-order valence-electron chi connectivity index (χ2n) is 5.05. The zero-order chi connectivity index (χ0) is 17.0. The lowest BCUT2D eigenvalue weighted by Crippen LogP contribution is -2.31. The van der Waals surface area contributed by atoms with E-state index in [4.69, 9.17) is 16.3 Å². The Kier molecular flexibility index (Phi) is 5.34. The van der Waals surface area contributed by atoms with Gasteiger partial charge in [-0.25, -0.2) is 9.18 Å². The minimum atomic E-state index is -1.10. The van der Waals surface area contributed by atoms with Crippen LogP contribution in [0.15, 0.2) is 48.5 Å². The predicted octanol–water partition coefficient (Wildman–Crippen LogP) is 3.47. The van der Waals surface area contributed by atoms with Crippen LogP contribution < -0.4 is 0 Å². The molecule has 0 aliphatic rings. The first-order chi connectivity index (χ1) is 10.9. The molecule has 0 heterocycles. The molecular weight excluding hydrogens is 321 g/mol. The standard InChI is InChI=1S/C17H15ClFNO3/c1-20(2)16(21)15(11-6-4-3-5-7-11)23-17(22)13-9-8-12(19)10-14(13)18/h3-10,15H,1-2H3. The highest BCUT2D eigenvalue weighted by Gasteiger charge is 2.27. The molecule has 23 heavy (non-hydrogen) atoms. The van der Waals surface area contributed by atoms with Gasteiger partial charge in [-0.3, -0.25) is 4.79 Å². The normalized spacial score (nSPS) is 11.7. The first-order valence-electron chi connectivity index (χ1n) is 6.82. The Morgan fingerprint density at radius 1 is 1.13 bits per heavy atom. The molecule has 0 aliphatic heterocycles. The fourth-order valence-electron chi connectivity index (χ4n) is 1.95. The number of hydrogen-bond acceptors (Lipinski definition) is 3. The van der Waals surface area contributed by atoms with E-state index in [2.05, 4.69) is 0 Å². The lowest BCUT2D eigenvalue weighted by Gasteiger charge is -2.21. The molecule has 0 saturated heterocycles. The van der Waals surface area contributed by atoms with Crippen molar-refractivity contribution in [1.29, 1.82) is 0 Å². The van der Waals surface area contributed by atoms with Crippen molar-refractivity contribution in [3.8, 4) is 0 Å². The van der Waals surface area contributed by atoms with Gasteiger partial charge >= 0.3 is 5.97 Å². The van der Waals surface area contributed by atoms with Crippen molar-refractivity contribution in [2.75, 3.05) is 14.1 Å². The van der Waals surface area contributed by atoms with E-state index in [0.717, 1.165) is 12.1 Å². The van der Waals surface area contributed by atoms with Crippen molar-refractivity contribution >= 4 is 23.5 Å². The van der Waals surface area contributed by atoms with E-state index in [1.54, 1.807) is 44.4 Å². The highest BCUT2D eigenvalue weighted by atomic mass is 35.5. The number of esters is 1. The van der Waals surface area contributed by atoms with E-state index >= 15 is 0 Å². The minimum absolute atomic E-state index is 0.000513. The lowest BCUT2D eigenvalue weighted by molar-refractivity contribution is -0.138. The zero-order valence-corrected chi connectivity index (χ0v) is 13.4. The number of carbonyl (C=O) groups is 2. The van der Waals surface area contributed by atoms with E-state index in [-0.39, 0.29) is 16.5 Å². The molecule has 0 saturated carbocycles. The van der Waals surface area contributed by atoms with Gasteiger partial charge in [0.2, 0.25) is 6.10 Å². The van der Waals surface area contributed by atoms with Crippen molar-refractivity contribution in [3.05, 3.63) is 70.5 Å². The van der Waals surface area contributed by atoms with Gasteiger partial charge in [-0.2, -0.15) is 0 Å². The van der Waals surface area contributed by atoms with E-state index in [1.165, 1.54) is 11.0 Å². The number of carbonyl (C=O) groups excluding carboxylic acids is 2. The SMILES string of the molecule is CN(C)C(=O)C(OC(=O)c1ccc(F)cc1Cl)c1ccccc1. The fraction of sp³-hybridized carbons (Fsp3) is 0.176. The van der Waals surface area contributed by atoms with Crippen LogP contribution in [0.4, 0.5) is 4.39 Å². The first kappa shape index (κ1) is 17.0. The maximum absolute atomic E-state index is 13.1. The average Bonchev–Trinajstić information content (AvgIpc) is 2.52. The second kappa shape index (κ2) is 7.24. The summed E-state index contributed by atoms with van der Waals surface area (Å²) in [4.78, 5) is 25.9. The number of ether oxygens (including phenoxy) is 1. The van der Waals surface area contributed by atoms with Crippen molar-refractivity contribution in [2.24, 2.45) is 0 Å². The number of likely N-dealkylation sites (N-methyl/N-ethyl adjacent to an activating group) is 1. The van der Waals surface area contributed by atoms with Gasteiger partial charge in [0.05, 0.1) is 10.6 Å². The molecule has 0 aliphatic carbocycles. The van der Waals surface area contributed by atoms with Crippen LogP contribution in [0.5, 0.6) is 0 Å². The zero-order valence-electron chi connectivity index (χ0n) is 12.6. The maximum atomic E-state index is 13.1. The number of benzene rings is 2. The summed E-state index contributed by atoms with van der Waals surface area (Å²) in [5.41, 5.74) is 0.540. The van der Waals surface area contributed by atoms with Crippen LogP contribution in [-0.4, -0.2) is 30.9 Å². The van der Waals surface area contributed by atoms with Gasteiger partial charge in [-0.15, -0.1) is 0 Å². The highest BCUT2D eigenvalue weighted by Crippen LogP contribution is 2.24. The maximum Gasteiger partial charge on any atom is 0.340 e. The molecule has 0 spiro atoms. The van der Waals surface area contributed by atoms with Gasteiger partial charge in [0.1, 0.15) is 5.82 Å². The molecular formula is C17H15ClFNO3. The van der Waals surface area contributed by atoms with Crippen LogP contribution in [0, 0.1) is 5.82 Å². The number of rotatable bonds is 4. The third-order valence-corrected chi connectivity index (χ3v) is 3.46. The molecule has 1 unspecified atom stereocenters. The molecule has 2 aromatic carbocycles. The summed E-state index contributed by atoms with van der Waals surface area (Å²) in [6, 6.07) is 12.0. The third-order valence-electron chi connectivity index (χ3n) is 3.14. The van der Waals surface area contributed by atoms with Crippen LogP contribution in [-0.2, 0) is 9.53 Å². The molecule has 4 nitrogen and oxygen atoms in total. The van der Waals surface area contributed by atoms with Gasteiger partial charge in [-0.1, -0.05) is 41.9 Å². The molecule has 1 amide bonds. The van der Waals surface area contributed by atoms with E-state index < -0.39 is 17.9 Å². The van der Waals surface area contributed by atoms with Gasteiger partial charge in [0, 0.05) is 19.7 Å². The summed E-state index contributed by atoms with van der Waals surface area (Å²) in [6.07, 6.45) is -1.10. The van der Waals surface area contributed by atoms with Gasteiger partial charge in [-0.05, 0) is 18.2 Å². The highest BCUT2D eigenvalue weighted by molar-refractivity contribution is 6.33. The Morgan fingerprint density at radius 2 is 1.78 bits per heavy atom. The van der Waals surface area contributed by atoms with Crippen molar-refractivity contribution in [1.82, 2.24) is 4.90 Å². The summed E-state index contributed by atoms with van der Waals surface area (Å²) in [5, 5.41) is -0.0703. The van der Waals surface area contributed by atoms with Gasteiger partial charge in [0.25, 0.3) is 5.91 Å². The Labute approximate surface area is 138 Å². The molecule has 0 radical (unpaired) electrons. The largest absolute Gasteiger partial charge is 0.444 e. The molecule has 1 atom stereocenters. The molecule has 2 rings (SSSR count). The third kappa shape index (κ3) is 4.07. The number of nitrogens with zero attached hydrogens (tertiary/aromatic N) is 1. The van der Waals surface area contributed by atoms with Crippen LogP contribution in [0.2, 0.25) is 5.02 Å². The Morgan fingerprint density at radius 3 is 2.35 bits per heavy atom. The summed E-state index contributed by atoms with van der Waals surface area (Å²) < 4.78 is 18.4. The summed E-state index contributed by atoms with van der Waals surface area (Å²) in [6.45, 7) is 0. The van der Waals surface area contributed by atoms with Crippen LogP contribution in [0.1, 0.15) is 22.0 Å². The molecule has 0 aromatic heterocycles. The quantitative estimate of drug-likeness (QED) is 0.804. The van der Waals surface area contributed by atoms with Gasteiger partial charge < -0.3 is 9.64 Å². The number of halogens is 2. The monoisotopic (exact) mass is 335 g/mol. The molecule has 0 bridgehead atoms. The topological polar surface area (TPSA) is 46.6 Å². The first-order valence-corrected chi connectivity index (χ1v) is 7.20. The van der Waals surface area contributed by atoms with Crippen LogP contribution >= 0.6 is 11.6 Å². The molecule has 6 heteroatoms. The van der Waals surface area contributed by atoms with Crippen molar-refractivity contribution < 1.29 is 18.7 Å². The number of amides is 1. The lowest BCUT2D eigenvalue weighted by atomic mass is 10.1. The van der Waals surface area contributed by atoms with Gasteiger partial charge in [0.15, 0.2) is 0 Å². The Bertz CT molecular complexity index is 719. The summed E-state index contributed by atoms with van der Waals surface area (Å²) in [5.74, 6) is -1.74. The summed E-state index contributed by atoms with van der Waals surface area (Å²) >= 11 is 5.86. The van der Waals surface area contributed by atoms with E-state index in [9.17, 15) is 14.0 Å². The molecule has 0 N–H and O–H groups in total. The van der Waals surface area contributed by atoms with Crippen LogP contribution in [0.25, 0.3) is 0 Å². The Balaban J connectivity index is 2.30. The van der Waals surface area contributed by atoms with Crippen molar-refractivity contribution in [3.63, 3.8) is 0 Å². The smallest absolute Gasteiger partial charge is 0.340 e. The predicted molar refractivity (Wildman–Crippen MR) is 84.7 cm³/mol. The van der Waals surface area contributed by atoms with Crippen LogP contribution in [0.3, 0.4) is 0 Å². The minimum Gasteiger partial charge on any atom is -0.444 e. The average molecular weight is 336 g/mol. The molecule has 120 valence electrons. The van der Waals surface area contributed by atoms with Crippen molar-refractivity contribution in [2.45, 2.75) is 6.10 Å². The second-order valence-corrected chi connectivity index (χ2v) is 5.46. The van der Waals surface area contributed by atoms with E-state index in [1.807, 2.05) is 0 Å². The number of hydrogen-bond donors (Lipinski definition) is 0. The fourth-order valence-corrected chi connectivity index (χ4v) is 2.19. The summed E-state index contributed by atoms with van der Waals surface area (Å²) in [7, 11) is 3.13. The Hall–Kier alpha value is -2.40. The van der Waals surface area contributed by atoms with E-state index in [0.29, 0.717) is 5.56 Å². The molecule has 2 aromatic rings. The molecule has 0 fully saturated rings.